The van der Waals surface area contributed by atoms with Crippen LogP contribution < -0.4 is 0 Å². The maximum atomic E-state index is 10.8. The highest BCUT2D eigenvalue weighted by molar-refractivity contribution is 7.49. The molecular formula is C6H14NO5P. The zero-order valence-corrected chi connectivity index (χ0v) is 8.28. The monoisotopic (exact) mass is 211 g/mol. The van der Waals surface area contributed by atoms with Crippen molar-refractivity contribution in [2.75, 3.05) is 13.1 Å². The Balaban J connectivity index is 4.11. The molecule has 6 nitrogen and oxygen atoms in total. The molecule has 0 aromatic heterocycles. The van der Waals surface area contributed by atoms with Gasteiger partial charge < -0.3 is 14.9 Å². The predicted octanol–water partition coefficient (Wildman–Crippen LogP) is 0.266. The van der Waals surface area contributed by atoms with E-state index in [1.807, 2.05) is 0 Å². The quantitative estimate of drug-likeness (QED) is 0.545. The summed E-state index contributed by atoms with van der Waals surface area (Å²) < 4.78 is 11.6. The summed E-state index contributed by atoms with van der Waals surface area (Å²) in [5.41, 5.74) is 0. The first-order valence-corrected chi connectivity index (χ1v) is 5.47. The summed E-state index contributed by atoms with van der Waals surface area (Å²) in [4.78, 5) is 27.7. The summed E-state index contributed by atoms with van der Waals surface area (Å²) in [6, 6.07) is 0. The van der Waals surface area contributed by atoms with E-state index in [-0.39, 0.29) is 19.5 Å². The largest absolute Gasteiger partial charge is 0.481 e. The van der Waals surface area contributed by atoms with Crippen molar-refractivity contribution in [2.24, 2.45) is 0 Å². The van der Waals surface area contributed by atoms with Crippen molar-refractivity contribution < 1.29 is 24.3 Å². The third-order valence-corrected chi connectivity index (χ3v) is 2.57. The van der Waals surface area contributed by atoms with Gasteiger partial charge in [-0.3, -0.25) is 4.79 Å². The summed E-state index contributed by atoms with van der Waals surface area (Å²) >= 11 is 0. The van der Waals surface area contributed by atoms with Gasteiger partial charge in [-0.1, -0.05) is 6.92 Å². The van der Waals surface area contributed by atoms with Crippen LogP contribution in [0, 0.1) is 0 Å². The van der Waals surface area contributed by atoms with Gasteiger partial charge in [-0.15, -0.1) is 0 Å². The lowest BCUT2D eigenvalue weighted by atomic mass is 10.4. The maximum Gasteiger partial charge on any atom is 0.403 e. The second-order valence-electron chi connectivity index (χ2n) is 2.61. The average molecular weight is 211 g/mol. The first-order chi connectivity index (χ1) is 5.88. The number of carboxylic acids is 1. The van der Waals surface area contributed by atoms with Gasteiger partial charge in [-0.05, 0) is 6.42 Å². The third-order valence-electron chi connectivity index (χ3n) is 1.43. The van der Waals surface area contributed by atoms with Gasteiger partial charge in [0.15, 0.2) is 0 Å². The van der Waals surface area contributed by atoms with Crippen molar-refractivity contribution in [1.29, 1.82) is 0 Å². The summed E-state index contributed by atoms with van der Waals surface area (Å²) in [6.45, 7) is 1.86. The lowest BCUT2D eigenvalue weighted by Crippen LogP contribution is -2.24. The molecule has 0 fully saturated rings. The number of aliphatic carboxylic acids is 1. The topological polar surface area (TPSA) is 98.1 Å². The highest BCUT2D eigenvalue weighted by atomic mass is 31.2. The van der Waals surface area contributed by atoms with Crippen molar-refractivity contribution in [3.8, 4) is 0 Å². The van der Waals surface area contributed by atoms with Crippen LogP contribution in [0.2, 0.25) is 0 Å². The van der Waals surface area contributed by atoms with Crippen molar-refractivity contribution in [3.63, 3.8) is 0 Å². The molecule has 0 saturated heterocycles. The fraction of sp³-hybridized carbons (Fsp3) is 0.833. The van der Waals surface area contributed by atoms with Gasteiger partial charge >= 0.3 is 13.7 Å². The van der Waals surface area contributed by atoms with E-state index < -0.39 is 13.7 Å². The number of carboxylic acid groups (broad SMARTS) is 1. The van der Waals surface area contributed by atoms with Crippen molar-refractivity contribution in [2.45, 2.75) is 19.8 Å². The Hall–Kier alpha value is -0.420. The van der Waals surface area contributed by atoms with Crippen LogP contribution >= 0.6 is 7.75 Å². The minimum Gasteiger partial charge on any atom is -0.481 e. The number of hydrogen-bond donors (Lipinski definition) is 3. The summed E-state index contributed by atoms with van der Waals surface area (Å²) in [6.07, 6.45) is 0.315. The summed E-state index contributed by atoms with van der Waals surface area (Å²) in [5.74, 6) is -1.06. The average Bonchev–Trinajstić information content (AvgIpc) is 1.95. The molecule has 0 aromatic rings. The first kappa shape index (κ1) is 12.6. The lowest BCUT2D eigenvalue weighted by molar-refractivity contribution is -0.137. The SMILES string of the molecule is CCCN(CCC(=O)O)P(=O)(O)O. The van der Waals surface area contributed by atoms with Gasteiger partial charge in [0, 0.05) is 13.1 Å². The van der Waals surface area contributed by atoms with Gasteiger partial charge in [0.05, 0.1) is 6.42 Å². The molecule has 0 spiro atoms. The fourth-order valence-electron chi connectivity index (χ4n) is 0.855. The molecule has 0 saturated carbocycles. The lowest BCUT2D eigenvalue weighted by Gasteiger charge is -2.21. The smallest absolute Gasteiger partial charge is 0.403 e. The van der Waals surface area contributed by atoms with Crippen LogP contribution in [0.3, 0.4) is 0 Å². The molecule has 0 aromatic carbocycles. The molecule has 0 aliphatic heterocycles. The van der Waals surface area contributed by atoms with E-state index in [0.29, 0.717) is 6.42 Å². The maximum absolute atomic E-state index is 10.8. The molecule has 13 heavy (non-hydrogen) atoms. The van der Waals surface area contributed by atoms with E-state index in [4.69, 9.17) is 14.9 Å². The molecule has 0 radical (unpaired) electrons. The minimum absolute atomic E-state index is 0.118. The molecule has 0 atom stereocenters. The highest BCUT2D eigenvalue weighted by Gasteiger charge is 2.24. The van der Waals surface area contributed by atoms with Crippen LogP contribution in [0.4, 0.5) is 0 Å². The van der Waals surface area contributed by atoms with Gasteiger partial charge in [0.1, 0.15) is 0 Å². The van der Waals surface area contributed by atoms with Gasteiger partial charge in [-0.2, -0.15) is 0 Å². The normalized spacial score (nSPS) is 12.0. The van der Waals surface area contributed by atoms with E-state index >= 15 is 0 Å². The predicted molar refractivity (Wildman–Crippen MR) is 46.2 cm³/mol. The van der Waals surface area contributed by atoms with Crippen molar-refractivity contribution >= 4 is 13.7 Å². The van der Waals surface area contributed by atoms with Gasteiger partial charge in [0.25, 0.3) is 0 Å². The minimum atomic E-state index is -4.28. The van der Waals surface area contributed by atoms with E-state index in [1.165, 1.54) is 0 Å². The standard InChI is InChI=1S/C6H14NO5P/c1-2-4-7(13(10,11)12)5-3-6(8)9/h2-5H2,1H3,(H,8,9)(H2,10,11,12). The second kappa shape index (κ2) is 5.34. The third kappa shape index (κ3) is 5.76. The van der Waals surface area contributed by atoms with E-state index in [1.54, 1.807) is 6.92 Å². The van der Waals surface area contributed by atoms with Crippen LogP contribution in [0.5, 0.6) is 0 Å². The number of carbonyl (C=O) groups is 1. The molecule has 0 bridgehead atoms. The molecule has 0 aliphatic rings. The number of nitrogens with zero attached hydrogens (tertiary/aromatic N) is 1. The summed E-state index contributed by atoms with van der Waals surface area (Å²) in [5, 5.41) is 8.32. The summed E-state index contributed by atoms with van der Waals surface area (Å²) in [7, 11) is -4.28. The second-order valence-corrected chi connectivity index (χ2v) is 4.20. The number of hydrogen-bond acceptors (Lipinski definition) is 2. The Labute approximate surface area is 76.4 Å². The van der Waals surface area contributed by atoms with E-state index in [0.717, 1.165) is 4.67 Å². The van der Waals surface area contributed by atoms with Crippen LogP contribution in [-0.4, -0.2) is 38.6 Å². The Kier molecular flexibility index (Phi) is 5.17. The van der Waals surface area contributed by atoms with Gasteiger partial charge in [0.2, 0.25) is 0 Å². The van der Waals surface area contributed by atoms with Crippen LogP contribution in [0.1, 0.15) is 19.8 Å². The van der Waals surface area contributed by atoms with Crippen molar-refractivity contribution in [3.05, 3.63) is 0 Å². The van der Waals surface area contributed by atoms with E-state index in [9.17, 15) is 9.36 Å². The van der Waals surface area contributed by atoms with Crippen LogP contribution in [0.25, 0.3) is 0 Å². The Morgan fingerprint density at radius 1 is 1.38 bits per heavy atom. The Bertz CT molecular complexity index is 213. The molecule has 0 heterocycles. The van der Waals surface area contributed by atoms with Crippen LogP contribution in [-0.2, 0) is 9.36 Å². The number of rotatable bonds is 6. The Morgan fingerprint density at radius 2 is 1.92 bits per heavy atom. The molecule has 0 aliphatic carbocycles. The Morgan fingerprint density at radius 3 is 2.23 bits per heavy atom. The molecule has 7 heteroatoms. The molecule has 0 amide bonds. The highest BCUT2D eigenvalue weighted by Crippen LogP contribution is 2.39. The molecular weight excluding hydrogens is 197 g/mol. The zero-order valence-electron chi connectivity index (χ0n) is 7.38. The molecule has 0 unspecified atom stereocenters. The molecule has 78 valence electrons. The fourth-order valence-corrected chi connectivity index (χ4v) is 1.68. The van der Waals surface area contributed by atoms with Crippen molar-refractivity contribution in [1.82, 2.24) is 4.67 Å². The first-order valence-electron chi connectivity index (χ1n) is 3.90. The zero-order chi connectivity index (χ0) is 10.5. The van der Waals surface area contributed by atoms with E-state index in [2.05, 4.69) is 0 Å². The van der Waals surface area contributed by atoms with Crippen LogP contribution in [0.15, 0.2) is 0 Å². The molecule has 0 rings (SSSR count). The van der Waals surface area contributed by atoms with Gasteiger partial charge in [-0.25, -0.2) is 9.24 Å². The molecule has 3 N–H and O–H groups in total.